The number of hydrogen-bond acceptors (Lipinski definition) is 3. The molecule has 4 heteroatoms. The molecule has 3 aromatic rings. The van der Waals surface area contributed by atoms with Gasteiger partial charge in [-0.3, -0.25) is 0 Å². The summed E-state index contributed by atoms with van der Waals surface area (Å²) in [6.45, 7) is 9.72. The summed E-state index contributed by atoms with van der Waals surface area (Å²) >= 11 is 0. The molecule has 0 saturated heterocycles. The molecule has 4 nitrogen and oxygen atoms in total. The van der Waals surface area contributed by atoms with Crippen molar-refractivity contribution in [2.75, 3.05) is 0 Å². The molecule has 0 radical (unpaired) electrons. The molecule has 0 fully saturated rings. The van der Waals surface area contributed by atoms with E-state index in [1.807, 2.05) is 32.0 Å². The van der Waals surface area contributed by atoms with Crippen LogP contribution < -0.4 is 4.74 Å². The Balaban J connectivity index is 1.75. The van der Waals surface area contributed by atoms with Gasteiger partial charge in [-0.25, -0.2) is 4.79 Å². The van der Waals surface area contributed by atoms with Gasteiger partial charge in [-0.1, -0.05) is 72.3 Å². The summed E-state index contributed by atoms with van der Waals surface area (Å²) in [7, 11) is 0. The molecule has 33 heavy (non-hydrogen) atoms. The number of carbonyl (C=O) groups is 1. The first-order chi connectivity index (χ1) is 15.7. The van der Waals surface area contributed by atoms with Crippen LogP contribution in [0.4, 0.5) is 0 Å². The Kier molecular flexibility index (Phi) is 7.93. The molecule has 0 aliphatic heterocycles. The maximum Gasteiger partial charge on any atom is 0.347 e. The van der Waals surface area contributed by atoms with E-state index >= 15 is 0 Å². The summed E-state index contributed by atoms with van der Waals surface area (Å²) in [4.78, 5) is 11.5. The maximum atomic E-state index is 11.5. The molecule has 1 atom stereocenters. The lowest BCUT2D eigenvalue weighted by Gasteiger charge is -2.25. The Morgan fingerprint density at radius 3 is 2.09 bits per heavy atom. The molecule has 1 unspecified atom stereocenters. The van der Waals surface area contributed by atoms with Gasteiger partial charge in [0.25, 0.3) is 0 Å². The highest BCUT2D eigenvalue weighted by Gasteiger charge is 2.30. The van der Waals surface area contributed by atoms with Crippen LogP contribution in [0.25, 0.3) is 0 Å². The predicted molar refractivity (Wildman–Crippen MR) is 132 cm³/mol. The number of aliphatic carboxylic acids is 1. The van der Waals surface area contributed by atoms with Crippen LogP contribution in [-0.2, 0) is 22.6 Å². The number of benzene rings is 3. The molecule has 1 N–H and O–H groups in total. The van der Waals surface area contributed by atoms with Crippen molar-refractivity contribution in [3.63, 3.8) is 0 Å². The van der Waals surface area contributed by atoms with Crippen LogP contribution in [0.1, 0.15) is 59.8 Å². The molecule has 0 saturated carbocycles. The first-order valence-electron chi connectivity index (χ1n) is 11.4. The van der Waals surface area contributed by atoms with E-state index in [9.17, 15) is 9.90 Å². The van der Waals surface area contributed by atoms with Crippen LogP contribution in [0.15, 0.2) is 66.7 Å². The van der Waals surface area contributed by atoms with Crippen LogP contribution in [0.2, 0.25) is 0 Å². The predicted octanol–water partition coefficient (Wildman–Crippen LogP) is 6.74. The minimum Gasteiger partial charge on any atom is -0.478 e. The Morgan fingerprint density at radius 2 is 1.52 bits per heavy atom. The quantitative estimate of drug-likeness (QED) is 0.374. The van der Waals surface area contributed by atoms with E-state index < -0.39 is 11.6 Å². The smallest absolute Gasteiger partial charge is 0.347 e. The van der Waals surface area contributed by atoms with Crippen LogP contribution in [0, 0.1) is 20.8 Å². The summed E-state index contributed by atoms with van der Waals surface area (Å²) in [6, 6.07) is 22.9. The molecule has 3 rings (SSSR count). The van der Waals surface area contributed by atoms with E-state index in [2.05, 4.69) is 55.5 Å². The first kappa shape index (κ1) is 24.5. The van der Waals surface area contributed by atoms with E-state index in [0.717, 1.165) is 29.5 Å². The van der Waals surface area contributed by atoms with Gasteiger partial charge in [-0.2, -0.15) is 0 Å². The molecule has 0 spiro atoms. The number of hydrogen-bond donors (Lipinski definition) is 1. The van der Waals surface area contributed by atoms with Gasteiger partial charge in [0.1, 0.15) is 5.75 Å². The van der Waals surface area contributed by atoms with E-state index in [1.54, 1.807) is 13.8 Å². The Hall–Kier alpha value is -3.11. The number of carboxylic acids is 1. The van der Waals surface area contributed by atoms with Crippen LogP contribution in [0.3, 0.4) is 0 Å². The summed E-state index contributed by atoms with van der Waals surface area (Å²) < 4.78 is 12.2. The van der Waals surface area contributed by atoms with Crippen molar-refractivity contribution >= 4 is 5.97 Å². The Labute approximate surface area is 197 Å². The van der Waals surface area contributed by atoms with E-state index in [4.69, 9.17) is 9.47 Å². The number of carboxylic acid groups (broad SMARTS) is 1. The highest BCUT2D eigenvalue weighted by Crippen LogP contribution is 2.31. The number of aryl methyl sites for hydroxylation is 4. The molecular formula is C29H34O4. The van der Waals surface area contributed by atoms with Crippen molar-refractivity contribution in [1.29, 1.82) is 0 Å². The largest absolute Gasteiger partial charge is 0.478 e. The lowest BCUT2D eigenvalue weighted by atomic mass is 9.97. The van der Waals surface area contributed by atoms with Gasteiger partial charge >= 0.3 is 5.97 Å². The van der Waals surface area contributed by atoms with Crippen molar-refractivity contribution in [3.8, 4) is 5.75 Å². The van der Waals surface area contributed by atoms with Crippen molar-refractivity contribution in [3.05, 3.63) is 100 Å². The zero-order valence-corrected chi connectivity index (χ0v) is 20.2. The molecule has 0 aliphatic rings. The summed E-state index contributed by atoms with van der Waals surface area (Å²) in [6.07, 6.45) is 1.67. The van der Waals surface area contributed by atoms with Gasteiger partial charge in [0, 0.05) is 0 Å². The normalized spacial score (nSPS) is 12.4. The third-order valence-corrected chi connectivity index (χ3v) is 5.83. The van der Waals surface area contributed by atoms with Crippen molar-refractivity contribution < 1.29 is 19.4 Å². The second-order valence-electron chi connectivity index (χ2n) is 9.21. The van der Waals surface area contributed by atoms with Gasteiger partial charge in [0.2, 0.25) is 0 Å². The lowest BCUT2D eigenvalue weighted by molar-refractivity contribution is -0.152. The maximum absolute atomic E-state index is 11.5. The highest BCUT2D eigenvalue weighted by molar-refractivity contribution is 5.77. The minimum absolute atomic E-state index is 0.0201. The molecule has 3 aromatic carbocycles. The molecular weight excluding hydrogens is 412 g/mol. The SMILES string of the molecule is Cc1ccc(C(CCc2cc(C)c(OC(C)(C)C(=O)O)c(C)c2)OCc2ccccc2)cc1. The highest BCUT2D eigenvalue weighted by atomic mass is 16.5. The molecule has 0 aliphatic carbocycles. The van der Waals surface area contributed by atoms with E-state index in [0.29, 0.717) is 12.4 Å². The van der Waals surface area contributed by atoms with Crippen molar-refractivity contribution in [2.24, 2.45) is 0 Å². The van der Waals surface area contributed by atoms with E-state index in [1.165, 1.54) is 16.7 Å². The Bertz CT molecular complexity index is 1050. The minimum atomic E-state index is -1.28. The molecule has 0 amide bonds. The van der Waals surface area contributed by atoms with Crippen LogP contribution in [-0.4, -0.2) is 16.7 Å². The zero-order valence-electron chi connectivity index (χ0n) is 20.2. The third-order valence-electron chi connectivity index (χ3n) is 5.83. The van der Waals surface area contributed by atoms with E-state index in [-0.39, 0.29) is 6.10 Å². The van der Waals surface area contributed by atoms with Crippen LogP contribution in [0.5, 0.6) is 5.75 Å². The molecule has 174 valence electrons. The van der Waals surface area contributed by atoms with Crippen molar-refractivity contribution in [1.82, 2.24) is 0 Å². The topological polar surface area (TPSA) is 55.8 Å². The number of rotatable bonds is 10. The summed E-state index contributed by atoms with van der Waals surface area (Å²) in [5, 5.41) is 9.40. The standard InChI is InChI=1S/C29H34O4/c1-20-11-14-25(15-12-20)26(32-19-23-9-7-6-8-10-23)16-13-24-17-21(2)27(22(3)18-24)33-29(4,5)28(30)31/h6-12,14-15,17-18,26H,13,16,19H2,1-5H3,(H,30,31). The monoisotopic (exact) mass is 446 g/mol. The lowest BCUT2D eigenvalue weighted by Crippen LogP contribution is -2.38. The van der Waals surface area contributed by atoms with Crippen LogP contribution >= 0.6 is 0 Å². The second kappa shape index (κ2) is 10.7. The summed E-state index contributed by atoms with van der Waals surface area (Å²) in [5.74, 6) is -0.344. The van der Waals surface area contributed by atoms with Gasteiger partial charge in [-0.05, 0) is 75.3 Å². The van der Waals surface area contributed by atoms with Gasteiger partial charge in [0.05, 0.1) is 12.7 Å². The Morgan fingerprint density at radius 1 is 0.909 bits per heavy atom. The first-order valence-corrected chi connectivity index (χ1v) is 11.4. The fourth-order valence-corrected chi connectivity index (χ4v) is 3.84. The molecule has 0 heterocycles. The molecule has 0 bridgehead atoms. The second-order valence-corrected chi connectivity index (χ2v) is 9.21. The fourth-order valence-electron chi connectivity index (χ4n) is 3.84. The average molecular weight is 447 g/mol. The third kappa shape index (κ3) is 6.69. The number of ether oxygens (including phenoxy) is 2. The fraction of sp³-hybridized carbons (Fsp3) is 0.345. The average Bonchev–Trinajstić information content (AvgIpc) is 2.78. The van der Waals surface area contributed by atoms with Gasteiger partial charge in [0.15, 0.2) is 5.60 Å². The molecule has 0 aromatic heterocycles. The summed E-state index contributed by atoms with van der Waals surface area (Å²) in [5.41, 5.74) is 5.35. The van der Waals surface area contributed by atoms with Crippen molar-refractivity contribution in [2.45, 2.75) is 65.8 Å². The van der Waals surface area contributed by atoms with Gasteiger partial charge in [-0.15, -0.1) is 0 Å². The zero-order chi connectivity index (χ0) is 24.0. The van der Waals surface area contributed by atoms with Gasteiger partial charge < -0.3 is 14.6 Å².